The molecule has 1 aromatic carbocycles. The zero-order valence-electron chi connectivity index (χ0n) is 14.4. The average Bonchev–Trinajstić information content (AvgIpc) is 2.59. The molecule has 1 heterocycles. The standard InChI is InChI=1S/C16H24N2O5S.ClH/c1-3-17(12-16(19)20)13-8-10-18(11-9-13)24(21,22)15-6-4-14(23-2)5-7-15;/h4-7,13H,3,8-12H2,1-2H3,(H,19,20);1H. The monoisotopic (exact) mass is 392 g/mol. The Morgan fingerprint density at radius 1 is 1.28 bits per heavy atom. The van der Waals surface area contributed by atoms with Crippen LogP contribution in [-0.4, -0.2) is 68.0 Å². The smallest absolute Gasteiger partial charge is 0.317 e. The third-order valence-corrected chi connectivity index (χ3v) is 6.29. The summed E-state index contributed by atoms with van der Waals surface area (Å²) in [5.74, 6) is -0.245. The summed E-state index contributed by atoms with van der Waals surface area (Å²) in [5.41, 5.74) is 0. The van der Waals surface area contributed by atoms with Gasteiger partial charge in [0.1, 0.15) is 5.75 Å². The van der Waals surface area contributed by atoms with Crippen LogP contribution in [0.15, 0.2) is 29.2 Å². The summed E-state index contributed by atoms with van der Waals surface area (Å²) in [6.45, 7) is 3.35. The number of halogens is 1. The van der Waals surface area contributed by atoms with Gasteiger partial charge in [0.05, 0.1) is 18.6 Å². The van der Waals surface area contributed by atoms with Crippen molar-refractivity contribution in [1.29, 1.82) is 0 Å². The van der Waals surface area contributed by atoms with Crippen molar-refractivity contribution in [2.24, 2.45) is 0 Å². The van der Waals surface area contributed by atoms with Crippen LogP contribution in [0.25, 0.3) is 0 Å². The van der Waals surface area contributed by atoms with Crippen molar-refractivity contribution in [2.75, 3.05) is 33.3 Å². The number of rotatable bonds is 7. The highest BCUT2D eigenvalue weighted by Gasteiger charge is 2.31. The van der Waals surface area contributed by atoms with Crippen molar-refractivity contribution < 1.29 is 23.1 Å². The molecule has 0 atom stereocenters. The number of hydrogen-bond donors (Lipinski definition) is 1. The lowest BCUT2D eigenvalue weighted by Crippen LogP contribution is -2.48. The number of ether oxygens (including phenoxy) is 1. The molecule has 0 bridgehead atoms. The maximum absolute atomic E-state index is 12.7. The molecule has 1 aliphatic heterocycles. The molecule has 0 aromatic heterocycles. The first kappa shape index (κ1) is 21.7. The Balaban J connectivity index is 0.00000312. The van der Waals surface area contributed by atoms with Crippen molar-refractivity contribution in [3.05, 3.63) is 24.3 Å². The largest absolute Gasteiger partial charge is 0.497 e. The topological polar surface area (TPSA) is 87.2 Å². The lowest BCUT2D eigenvalue weighted by Gasteiger charge is -2.36. The molecular formula is C16H25ClN2O5S. The van der Waals surface area contributed by atoms with E-state index < -0.39 is 16.0 Å². The summed E-state index contributed by atoms with van der Waals surface area (Å²) < 4.78 is 31.9. The highest BCUT2D eigenvalue weighted by molar-refractivity contribution is 7.89. The van der Waals surface area contributed by atoms with Crippen LogP contribution in [0.4, 0.5) is 0 Å². The van der Waals surface area contributed by atoms with Gasteiger partial charge < -0.3 is 9.84 Å². The number of piperidine rings is 1. The second kappa shape index (κ2) is 9.38. The van der Waals surface area contributed by atoms with Crippen LogP contribution in [0.5, 0.6) is 5.75 Å². The van der Waals surface area contributed by atoms with E-state index in [4.69, 9.17) is 9.84 Å². The molecule has 1 aromatic rings. The molecule has 1 N–H and O–H groups in total. The van der Waals surface area contributed by atoms with Gasteiger partial charge in [0.2, 0.25) is 10.0 Å². The van der Waals surface area contributed by atoms with Gasteiger partial charge in [0, 0.05) is 19.1 Å². The molecule has 2 rings (SSSR count). The Labute approximate surface area is 155 Å². The average molecular weight is 393 g/mol. The van der Waals surface area contributed by atoms with E-state index in [1.54, 1.807) is 24.3 Å². The molecule has 9 heteroatoms. The Morgan fingerprint density at radius 3 is 2.28 bits per heavy atom. The summed E-state index contributed by atoms with van der Waals surface area (Å²) in [5, 5.41) is 8.96. The number of likely N-dealkylation sites (N-methyl/N-ethyl adjacent to an activating group) is 1. The highest BCUT2D eigenvalue weighted by Crippen LogP contribution is 2.24. The number of sulfonamides is 1. The molecule has 0 amide bonds. The molecule has 142 valence electrons. The molecule has 0 aliphatic carbocycles. The fraction of sp³-hybridized carbons (Fsp3) is 0.562. The lowest BCUT2D eigenvalue weighted by molar-refractivity contribution is -0.139. The van der Waals surface area contributed by atoms with Crippen molar-refractivity contribution in [2.45, 2.75) is 30.7 Å². The molecule has 7 nitrogen and oxygen atoms in total. The zero-order valence-corrected chi connectivity index (χ0v) is 16.1. The number of aliphatic carboxylic acids is 1. The third-order valence-electron chi connectivity index (χ3n) is 4.38. The molecule has 0 saturated carbocycles. The predicted octanol–water partition coefficient (Wildman–Crippen LogP) is 1.68. The molecule has 1 fully saturated rings. The molecule has 0 spiro atoms. The van der Waals surface area contributed by atoms with Crippen molar-refractivity contribution in [3.8, 4) is 5.75 Å². The highest BCUT2D eigenvalue weighted by atomic mass is 35.5. The first-order chi connectivity index (χ1) is 11.4. The van der Waals surface area contributed by atoms with E-state index in [0.29, 0.717) is 38.2 Å². The molecule has 25 heavy (non-hydrogen) atoms. The number of carbonyl (C=O) groups is 1. The normalized spacial score (nSPS) is 16.4. The first-order valence-corrected chi connectivity index (χ1v) is 9.42. The number of methoxy groups -OCH3 is 1. The maximum Gasteiger partial charge on any atom is 0.317 e. The van der Waals surface area contributed by atoms with E-state index in [1.807, 2.05) is 11.8 Å². The second-order valence-electron chi connectivity index (χ2n) is 5.77. The number of nitrogens with zero attached hydrogens (tertiary/aromatic N) is 2. The van der Waals surface area contributed by atoms with Crippen molar-refractivity contribution in [1.82, 2.24) is 9.21 Å². The van der Waals surface area contributed by atoms with Gasteiger partial charge in [-0.1, -0.05) is 6.92 Å². The summed E-state index contributed by atoms with van der Waals surface area (Å²) in [6.07, 6.45) is 1.27. The van der Waals surface area contributed by atoms with E-state index >= 15 is 0 Å². The van der Waals surface area contributed by atoms with Crippen LogP contribution in [0, 0.1) is 0 Å². The summed E-state index contributed by atoms with van der Waals surface area (Å²) >= 11 is 0. The first-order valence-electron chi connectivity index (χ1n) is 7.98. The van der Waals surface area contributed by atoms with Gasteiger partial charge >= 0.3 is 5.97 Å². The molecule has 1 saturated heterocycles. The Morgan fingerprint density at radius 2 is 1.84 bits per heavy atom. The van der Waals surface area contributed by atoms with E-state index in [1.165, 1.54) is 11.4 Å². The van der Waals surface area contributed by atoms with Gasteiger partial charge in [0.15, 0.2) is 0 Å². The fourth-order valence-electron chi connectivity index (χ4n) is 3.02. The third kappa shape index (κ3) is 5.31. The van der Waals surface area contributed by atoms with Gasteiger partial charge in [0.25, 0.3) is 0 Å². The van der Waals surface area contributed by atoms with Gasteiger partial charge in [-0.25, -0.2) is 8.42 Å². The number of carboxylic acid groups (broad SMARTS) is 1. The summed E-state index contributed by atoms with van der Waals surface area (Å²) in [4.78, 5) is 13.1. The SMILES string of the molecule is CCN(CC(=O)O)C1CCN(S(=O)(=O)c2ccc(OC)cc2)CC1.Cl. The maximum atomic E-state index is 12.7. The summed E-state index contributed by atoms with van der Waals surface area (Å²) in [7, 11) is -1.99. The fourth-order valence-corrected chi connectivity index (χ4v) is 4.49. The van der Waals surface area contributed by atoms with E-state index in [2.05, 4.69) is 0 Å². The number of benzene rings is 1. The summed E-state index contributed by atoms with van der Waals surface area (Å²) in [6, 6.07) is 6.45. The van der Waals surface area contributed by atoms with Crippen molar-refractivity contribution in [3.63, 3.8) is 0 Å². The Bertz CT molecular complexity index is 658. The van der Waals surface area contributed by atoms with Crippen LogP contribution < -0.4 is 4.74 Å². The van der Waals surface area contributed by atoms with Gasteiger partial charge in [-0.05, 0) is 43.7 Å². The minimum Gasteiger partial charge on any atom is -0.497 e. The molecule has 1 aliphatic rings. The number of carboxylic acids is 1. The Kier molecular flexibility index (Phi) is 8.14. The quantitative estimate of drug-likeness (QED) is 0.759. The van der Waals surface area contributed by atoms with Gasteiger partial charge in [-0.3, -0.25) is 9.69 Å². The zero-order chi connectivity index (χ0) is 17.7. The number of hydrogen-bond acceptors (Lipinski definition) is 5. The van der Waals surface area contributed by atoms with Crippen LogP contribution in [0.2, 0.25) is 0 Å². The molecular weight excluding hydrogens is 368 g/mol. The second-order valence-corrected chi connectivity index (χ2v) is 7.71. The minimum absolute atomic E-state index is 0. The van der Waals surface area contributed by atoms with E-state index in [9.17, 15) is 13.2 Å². The van der Waals surface area contributed by atoms with E-state index in [-0.39, 0.29) is 29.9 Å². The van der Waals surface area contributed by atoms with Crippen LogP contribution >= 0.6 is 12.4 Å². The predicted molar refractivity (Wildman–Crippen MR) is 96.9 cm³/mol. The van der Waals surface area contributed by atoms with E-state index in [0.717, 1.165) is 0 Å². The van der Waals surface area contributed by atoms with Gasteiger partial charge in [-0.2, -0.15) is 4.31 Å². The lowest BCUT2D eigenvalue weighted by atomic mass is 10.0. The minimum atomic E-state index is -3.52. The molecule has 0 radical (unpaired) electrons. The molecule has 0 unspecified atom stereocenters. The van der Waals surface area contributed by atoms with Crippen molar-refractivity contribution >= 4 is 28.4 Å². The van der Waals surface area contributed by atoms with Crippen LogP contribution in [0.1, 0.15) is 19.8 Å². The van der Waals surface area contributed by atoms with Gasteiger partial charge in [-0.15, -0.1) is 12.4 Å². The Hall–Kier alpha value is -1.35. The van der Waals surface area contributed by atoms with Crippen LogP contribution in [0.3, 0.4) is 0 Å². The van der Waals surface area contributed by atoms with Crippen LogP contribution in [-0.2, 0) is 14.8 Å².